The lowest BCUT2D eigenvalue weighted by molar-refractivity contribution is -0.114. The number of nitrogens with zero attached hydrogens (tertiary/aromatic N) is 4. The fourth-order valence-electron chi connectivity index (χ4n) is 1.65. The van der Waals surface area contributed by atoms with Crippen molar-refractivity contribution in [2.75, 3.05) is 10.6 Å². The first-order valence-corrected chi connectivity index (χ1v) is 6.09. The van der Waals surface area contributed by atoms with Gasteiger partial charge in [-0.15, -0.1) is 10.2 Å². The molecule has 0 saturated heterocycles. The molecule has 0 atom stereocenters. The lowest BCUT2D eigenvalue weighted by Crippen LogP contribution is -2.08. The summed E-state index contributed by atoms with van der Waals surface area (Å²) in [5.74, 6) is 0.0180. The van der Waals surface area contributed by atoms with Crippen molar-refractivity contribution in [1.29, 1.82) is 5.26 Å². The molecule has 21 heavy (non-hydrogen) atoms. The molecule has 0 aliphatic rings. The first kappa shape index (κ1) is 14.2. The van der Waals surface area contributed by atoms with E-state index in [1.165, 1.54) is 13.1 Å². The number of hydrogen-bond donors (Lipinski definition) is 3. The number of anilines is 2. The zero-order valence-electron chi connectivity index (χ0n) is 11.5. The monoisotopic (exact) mass is 283 g/mol. The van der Waals surface area contributed by atoms with E-state index in [4.69, 9.17) is 5.26 Å². The Morgan fingerprint density at radius 2 is 2.24 bits per heavy atom. The van der Waals surface area contributed by atoms with Gasteiger partial charge < -0.3 is 10.6 Å². The molecule has 0 fully saturated rings. The number of aromatic amines is 1. The van der Waals surface area contributed by atoms with E-state index in [1.54, 1.807) is 0 Å². The largest absolute Gasteiger partial charge is 0.359 e. The highest BCUT2D eigenvalue weighted by Crippen LogP contribution is 2.23. The number of aryl methyl sites for hydroxylation is 1. The molecule has 106 valence electrons. The highest BCUT2D eigenvalue weighted by Gasteiger charge is 2.07. The van der Waals surface area contributed by atoms with Gasteiger partial charge in [-0.2, -0.15) is 10.5 Å². The quantitative estimate of drug-likeness (QED) is 0.730. The Hall–Kier alpha value is -3.21. The van der Waals surface area contributed by atoms with Gasteiger partial charge in [-0.1, -0.05) is 6.07 Å². The topological polar surface area (TPSA) is 119 Å². The molecule has 1 amide bonds. The Morgan fingerprint density at radius 1 is 1.43 bits per heavy atom. The number of nitrogens with one attached hydrogen (secondary N) is 3. The lowest BCUT2D eigenvalue weighted by atomic mass is 10.2. The van der Waals surface area contributed by atoms with E-state index in [2.05, 4.69) is 31.3 Å². The van der Waals surface area contributed by atoms with Gasteiger partial charge >= 0.3 is 0 Å². The van der Waals surface area contributed by atoms with Crippen LogP contribution in [0.2, 0.25) is 0 Å². The Bertz CT molecular complexity index is 713. The van der Waals surface area contributed by atoms with Gasteiger partial charge in [-0.3, -0.25) is 4.79 Å². The first-order valence-electron chi connectivity index (χ1n) is 6.09. The number of rotatable bonds is 4. The smallest absolute Gasteiger partial charge is 0.221 e. The van der Waals surface area contributed by atoms with Crippen LogP contribution in [0.3, 0.4) is 0 Å². The second-order valence-electron chi connectivity index (χ2n) is 4.28. The molecule has 1 aromatic carbocycles. The van der Waals surface area contributed by atoms with Crippen molar-refractivity contribution in [2.45, 2.75) is 13.8 Å². The molecule has 8 nitrogen and oxygen atoms in total. The maximum atomic E-state index is 11.2. The van der Waals surface area contributed by atoms with E-state index in [0.717, 1.165) is 5.56 Å². The van der Waals surface area contributed by atoms with Crippen LogP contribution < -0.4 is 10.6 Å². The average Bonchev–Trinajstić information content (AvgIpc) is 2.95. The number of carbonyl (C=O) groups excluding carboxylic acids is 1. The summed E-state index contributed by atoms with van der Waals surface area (Å²) in [5.41, 5.74) is 2.52. The second kappa shape index (κ2) is 6.29. The van der Waals surface area contributed by atoms with Gasteiger partial charge in [0.25, 0.3) is 0 Å². The van der Waals surface area contributed by atoms with E-state index in [-0.39, 0.29) is 17.3 Å². The molecular weight excluding hydrogens is 270 g/mol. The minimum Gasteiger partial charge on any atom is -0.359 e. The van der Waals surface area contributed by atoms with Crippen molar-refractivity contribution >= 4 is 22.9 Å². The predicted octanol–water partition coefficient (Wildman–Crippen LogP) is 1.44. The number of tetrazole rings is 1. The van der Waals surface area contributed by atoms with E-state index in [1.807, 2.05) is 31.2 Å². The SMILES string of the molecule is CC(=O)Nc1cc(C)ccc1NC=C(C#N)c1nn[nH]n1. The first-order chi connectivity index (χ1) is 10.1. The number of aromatic nitrogens is 4. The van der Waals surface area contributed by atoms with Gasteiger partial charge in [0.1, 0.15) is 11.6 Å². The molecule has 0 saturated carbocycles. The van der Waals surface area contributed by atoms with Gasteiger partial charge in [-0.05, 0) is 29.8 Å². The number of nitriles is 1. The lowest BCUT2D eigenvalue weighted by Gasteiger charge is -2.10. The van der Waals surface area contributed by atoms with Gasteiger partial charge in [0, 0.05) is 13.1 Å². The van der Waals surface area contributed by atoms with E-state index < -0.39 is 0 Å². The molecule has 0 bridgehead atoms. The predicted molar refractivity (Wildman–Crippen MR) is 76.9 cm³/mol. The van der Waals surface area contributed by atoms with Crippen LogP contribution in [0, 0.1) is 18.3 Å². The Morgan fingerprint density at radius 3 is 2.86 bits per heavy atom. The number of benzene rings is 1. The Balaban J connectivity index is 2.27. The van der Waals surface area contributed by atoms with Crippen molar-refractivity contribution in [2.24, 2.45) is 0 Å². The number of H-pyrrole nitrogens is 1. The summed E-state index contributed by atoms with van der Waals surface area (Å²) in [6.07, 6.45) is 1.46. The van der Waals surface area contributed by atoms with Crippen molar-refractivity contribution in [3.63, 3.8) is 0 Å². The molecule has 2 rings (SSSR count). The Kier molecular flexibility index (Phi) is 4.26. The molecule has 0 aliphatic carbocycles. The summed E-state index contributed by atoms with van der Waals surface area (Å²) in [6, 6.07) is 7.50. The molecule has 0 spiro atoms. The van der Waals surface area contributed by atoms with Crippen molar-refractivity contribution in [3.05, 3.63) is 35.8 Å². The van der Waals surface area contributed by atoms with Crippen LogP contribution in [0.4, 0.5) is 11.4 Å². The highest BCUT2D eigenvalue weighted by atomic mass is 16.1. The minimum absolute atomic E-state index is 0.175. The maximum absolute atomic E-state index is 11.2. The number of carbonyl (C=O) groups is 1. The zero-order valence-corrected chi connectivity index (χ0v) is 11.5. The average molecular weight is 283 g/mol. The Labute approximate surface area is 120 Å². The summed E-state index contributed by atoms with van der Waals surface area (Å²) >= 11 is 0. The van der Waals surface area contributed by atoms with Crippen LogP contribution >= 0.6 is 0 Å². The van der Waals surface area contributed by atoms with E-state index in [0.29, 0.717) is 11.4 Å². The van der Waals surface area contributed by atoms with Gasteiger partial charge in [0.2, 0.25) is 11.7 Å². The highest BCUT2D eigenvalue weighted by molar-refractivity contribution is 5.93. The molecule has 3 N–H and O–H groups in total. The van der Waals surface area contributed by atoms with E-state index in [9.17, 15) is 4.79 Å². The van der Waals surface area contributed by atoms with Crippen LogP contribution in [-0.2, 0) is 4.79 Å². The van der Waals surface area contributed by atoms with Crippen LogP contribution in [0.15, 0.2) is 24.4 Å². The fraction of sp³-hybridized carbons (Fsp3) is 0.154. The molecule has 8 heteroatoms. The molecule has 2 aromatic rings. The van der Waals surface area contributed by atoms with Gasteiger partial charge in [0.05, 0.1) is 11.4 Å². The maximum Gasteiger partial charge on any atom is 0.221 e. The van der Waals surface area contributed by atoms with Crippen LogP contribution in [0.1, 0.15) is 18.3 Å². The fourth-order valence-corrected chi connectivity index (χ4v) is 1.65. The molecule has 0 radical (unpaired) electrons. The standard InChI is InChI=1S/C13H13N7O/c1-8-3-4-11(12(5-8)16-9(2)21)15-7-10(6-14)13-17-19-20-18-13/h3-5,7,15H,1-2H3,(H,16,21)(H,17,18,19,20). The summed E-state index contributed by atoms with van der Waals surface area (Å²) in [6.45, 7) is 3.35. The molecule has 1 heterocycles. The molecule has 1 aromatic heterocycles. The van der Waals surface area contributed by atoms with Crippen LogP contribution in [0.25, 0.3) is 5.57 Å². The summed E-state index contributed by atoms with van der Waals surface area (Å²) in [5, 5.41) is 27.9. The third kappa shape index (κ3) is 3.63. The van der Waals surface area contributed by atoms with Crippen molar-refractivity contribution < 1.29 is 4.79 Å². The number of amides is 1. The summed E-state index contributed by atoms with van der Waals surface area (Å²) in [7, 11) is 0. The minimum atomic E-state index is -0.175. The molecule has 0 unspecified atom stereocenters. The zero-order chi connectivity index (χ0) is 15.2. The normalized spacial score (nSPS) is 10.8. The summed E-state index contributed by atoms with van der Waals surface area (Å²) < 4.78 is 0. The third-order valence-corrected chi connectivity index (χ3v) is 2.56. The number of allylic oxidation sites excluding steroid dienone is 1. The van der Waals surface area contributed by atoms with Crippen molar-refractivity contribution in [3.8, 4) is 6.07 Å². The second-order valence-corrected chi connectivity index (χ2v) is 4.28. The molecular formula is C13H13N7O. The van der Waals surface area contributed by atoms with Crippen LogP contribution in [-0.4, -0.2) is 26.5 Å². The number of hydrogen-bond acceptors (Lipinski definition) is 6. The van der Waals surface area contributed by atoms with Crippen molar-refractivity contribution in [1.82, 2.24) is 20.6 Å². The summed E-state index contributed by atoms with van der Waals surface area (Å²) in [4.78, 5) is 11.2. The molecule has 0 aliphatic heterocycles. The van der Waals surface area contributed by atoms with Crippen LogP contribution in [0.5, 0.6) is 0 Å². The van der Waals surface area contributed by atoms with Gasteiger partial charge in [0.15, 0.2) is 0 Å². The van der Waals surface area contributed by atoms with E-state index >= 15 is 0 Å². The van der Waals surface area contributed by atoms with Gasteiger partial charge in [-0.25, -0.2) is 0 Å². The third-order valence-electron chi connectivity index (χ3n) is 2.56.